The van der Waals surface area contributed by atoms with E-state index in [2.05, 4.69) is 5.32 Å². The lowest BCUT2D eigenvalue weighted by Crippen LogP contribution is -2.34. The molecule has 1 N–H and O–H groups in total. The fourth-order valence-electron chi connectivity index (χ4n) is 2.92. The van der Waals surface area contributed by atoms with Crippen molar-refractivity contribution in [3.63, 3.8) is 0 Å². The number of aryl methyl sites for hydroxylation is 1. The average Bonchev–Trinajstić information content (AvgIpc) is 3.15. The summed E-state index contributed by atoms with van der Waals surface area (Å²) in [6, 6.07) is 9.82. The number of amides is 2. The van der Waals surface area contributed by atoms with Gasteiger partial charge in [0, 0.05) is 16.8 Å². The molecule has 0 saturated carbocycles. The van der Waals surface area contributed by atoms with Gasteiger partial charge in [0.15, 0.2) is 11.5 Å². The monoisotopic (exact) mass is 358 g/mol. The Balaban J connectivity index is 1.55. The van der Waals surface area contributed by atoms with Gasteiger partial charge < -0.3 is 14.8 Å². The molecule has 4 rings (SSSR count). The molecule has 2 aromatic rings. The van der Waals surface area contributed by atoms with E-state index in [1.54, 1.807) is 36.4 Å². The van der Waals surface area contributed by atoms with Gasteiger partial charge in [-0.05, 0) is 36.8 Å². The summed E-state index contributed by atoms with van der Waals surface area (Å²) >= 11 is 6.12. The molecule has 0 radical (unpaired) electrons. The number of benzene rings is 2. The van der Waals surface area contributed by atoms with Crippen LogP contribution in [0, 0.1) is 6.92 Å². The number of halogens is 1. The molecule has 7 heteroatoms. The van der Waals surface area contributed by atoms with Gasteiger partial charge in [-0.1, -0.05) is 17.7 Å². The summed E-state index contributed by atoms with van der Waals surface area (Å²) < 4.78 is 10.6. The predicted octanol–water partition coefficient (Wildman–Crippen LogP) is 3.12. The standard InChI is InChI=1S/C18H15ClN2O4/c1-10-2-4-12(7-13(10)19)21-17(22)8-14(18(21)23)20-11-3-5-15-16(6-11)25-9-24-15/h2-7,14,20H,8-9H2,1H3/t14-/m1/s1. The number of nitrogens with zero attached hydrogens (tertiary/aromatic N) is 1. The maximum Gasteiger partial charge on any atom is 0.256 e. The van der Waals surface area contributed by atoms with Gasteiger partial charge in [0.1, 0.15) is 6.04 Å². The summed E-state index contributed by atoms with van der Waals surface area (Å²) in [6.45, 7) is 2.05. The van der Waals surface area contributed by atoms with Gasteiger partial charge in [-0.2, -0.15) is 0 Å². The van der Waals surface area contributed by atoms with Gasteiger partial charge in [0.25, 0.3) is 5.91 Å². The summed E-state index contributed by atoms with van der Waals surface area (Å²) in [5.74, 6) is 0.713. The van der Waals surface area contributed by atoms with Gasteiger partial charge in [0.2, 0.25) is 12.7 Å². The Morgan fingerprint density at radius 1 is 1.12 bits per heavy atom. The normalized spacial score (nSPS) is 18.8. The van der Waals surface area contributed by atoms with Crippen LogP contribution in [0.2, 0.25) is 5.02 Å². The SMILES string of the molecule is Cc1ccc(N2C(=O)C[C@@H](Nc3ccc4c(c3)OCO4)C2=O)cc1Cl. The highest BCUT2D eigenvalue weighted by molar-refractivity contribution is 6.32. The minimum Gasteiger partial charge on any atom is -0.454 e. The molecule has 2 heterocycles. The van der Waals surface area contributed by atoms with Crippen LogP contribution in [0.4, 0.5) is 11.4 Å². The van der Waals surface area contributed by atoms with Crippen LogP contribution in [0.25, 0.3) is 0 Å². The van der Waals surface area contributed by atoms with Gasteiger partial charge in [-0.15, -0.1) is 0 Å². The summed E-state index contributed by atoms with van der Waals surface area (Å²) in [5, 5.41) is 3.61. The van der Waals surface area contributed by atoms with Crippen molar-refractivity contribution in [1.29, 1.82) is 0 Å². The van der Waals surface area contributed by atoms with Crippen LogP contribution in [-0.2, 0) is 9.59 Å². The van der Waals surface area contributed by atoms with E-state index in [0.29, 0.717) is 27.9 Å². The van der Waals surface area contributed by atoms with Crippen molar-refractivity contribution in [2.24, 2.45) is 0 Å². The minimum absolute atomic E-state index is 0.0821. The van der Waals surface area contributed by atoms with Crippen molar-refractivity contribution in [1.82, 2.24) is 0 Å². The minimum atomic E-state index is -0.632. The van der Waals surface area contributed by atoms with Gasteiger partial charge in [-0.25, -0.2) is 4.90 Å². The van der Waals surface area contributed by atoms with E-state index >= 15 is 0 Å². The Hall–Kier alpha value is -2.73. The molecule has 0 spiro atoms. The summed E-state index contributed by atoms with van der Waals surface area (Å²) in [4.78, 5) is 26.2. The van der Waals surface area contributed by atoms with Crippen molar-refractivity contribution in [3.8, 4) is 11.5 Å². The first kappa shape index (κ1) is 15.8. The Kier molecular flexibility index (Phi) is 3.77. The van der Waals surface area contributed by atoms with E-state index in [9.17, 15) is 9.59 Å². The van der Waals surface area contributed by atoms with Crippen LogP contribution in [0.3, 0.4) is 0 Å². The third-order valence-corrected chi connectivity index (χ3v) is 4.68. The number of nitrogens with one attached hydrogen (secondary N) is 1. The van der Waals surface area contributed by atoms with Gasteiger partial charge in [0.05, 0.1) is 12.1 Å². The second-order valence-corrected chi connectivity index (χ2v) is 6.38. The quantitative estimate of drug-likeness (QED) is 0.854. The van der Waals surface area contributed by atoms with Crippen molar-refractivity contribution < 1.29 is 19.1 Å². The van der Waals surface area contributed by atoms with Crippen LogP contribution in [-0.4, -0.2) is 24.6 Å². The first-order valence-corrected chi connectivity index (χ1v) is 8.20. The zero-order valence-electron chi connectivity index (χ0n) is 13.4. The number of hydrogen-bond acceptors (Lipinski definition) is 5. The van der Waals surface area contributed by atoms with Gasteiger partial charge >= 0.3 is 0 Å². The maximum absolute atomic E-state index is 12.7. The fourth-order valence-corrected chi connectivity index (χ4v) is 3.10. The van der Waals surface area contributed by atoms with Crippen molar-refractivity contribution in [3.05, 3.63) is 47.0 Å². The molecule has 1 fully saturated rings. The van der Waals surface area contributed by atoms with Crippen LogP contribution < -0.4 is 19.7 Å². The topological polar surface area (TPSA) is 67.9 Å². The van der Waals surface area contributed by atoms with Crippen LogP contribution in [0.1, 0.15) is 12.0 Å². The van der Waals surface area contributed by atoms with Crippen molar-refractivity contribution >= 4 is 34.8 Å². The molecule has 0 unspecified atom stereocenters. The molecule has 1 atom stereocenters. The largest absolute Gasteiger partial charge is 0.454 e. The molecule has 6 nitrogen and oxygen atoms in total. The number of fused-ring (bicyclic) bond motifs is 1. The van der Waals surface area contributed by atoms with Crippen LogP contribution >= 0.6 is 11.6 Å². The number of carbonyl (C=O) groups is 2. The first-order valence-electron chi connectivity index (χ1n) is 7.82. The van der Waals surface area contributed by atoms with Crippen LogP contribution in [0.15, 0.2) is 36.4 Å². The number of hydrogen-bond donors (Lipinski definition) is 1. The summed E-state index contributed by atoms with van der Waals surface area (Å²) in [7, 11) is 0. The lowest BCUT2D eigenvalue weighted by molar-refractivity contribution is -0.121. The molecule has 0 aliphatic carbocycles. The van der Waals surface area contributed by atoms with E-state index in [4.69, 9.17) is 21.1 Å². The van der Waals surface area contributed by atoms with Gasteiger partial charge in [-0.3, -0.25) is 9.59 Å². The lowest BCUT2D eigenvalue weighted by atomic mass is 10.2. The van der Waals surface area contributed by atoms with Crippen molar-refractivity contribution in [2.45, 2.75) is 19.4 Å². The molecule has 2 amide bonds. The molecule has 1 saturated heterocycles. The zero-order chi connectivity index (χ0) is 17.6. The van der Waals surface area contributed by atoms with E-state index in [0.717, 1.165) is 5.56 Å². The lowest BCUT2D eigenvalue weighted by Gasteiger charge is -2.17. The number of imide groups is 1. The summed E-state index contributed by atoms with van der Waals surface area (Å²) in [6.07, 6.45) is 0.0821. The number of carbonyl (C=O) groups excluding carboxylic acids is 2. The Labute approximate surface area is 149 Å². The van der Waals surface area contributed by atoms with E-state index in [1.807, 2.05) is 6.92 Å². The van der Waals surface area contributed by atoms with E-state index in [1.165, 1.54) is 4.90 Å². The van der Waals surface area contributed by atoms with Crippen molar-refractivity contribution in [2.75, 3.05) is 17.0 Å². The Bertz CT molecular complexity index is 883. The van der Waals surface area contributed by atoms with Crippen LogP contribution in [0.5, 0.6) is 11.5 Å². The molecule has 2 aliphatic rings. The molecule has 0 bridgehead atoms. The first-order chi connectivity index (χ1) is 12.0. The highest BCUT2D eigenvalue weighted by Crippen LogP contribution is 2.35. The highest BCUT2D eigenvalue weighted by atomic mass is 35.5. The molecular weight excluding hydrogens is 344 g/mol. The average molecular weight is 359 g/mol. The number of anilines is 2. The fraction of sp³-hybridized carbons (Fsp3) is 0.222. The summed E-state index contributed by atoms with van der Waals surface area (Å²) in [5.41, 5.74) is 2.07. The molecule has 2 aromatic carbocycles. The molecule has 2 aliphatic heterocycles. The second kappa shape index (κ2) is 5.97. The maximum atomic E-state index is 12.7. The molecule has 25 heavy (non-hydrogen) atoms. The predicted molar refractivity (Wildman–Crippen MR) is 93.3 cm³/mol. The second-order valence-electron chi connectivity index (χ2n) is 5.97. The highest BCUT2D eigenvalue weighted by Gasteiger charge is 2.39. The Morgan fingerprint density at radius 2 is 1.92 bits per heavy atom. The third kappa shape index (κ3) is 2.78. The third-order valence-electron chi connectivity index (χ3n) is 4.27. The molecule has 0 aromatic heterocycles. The Morgan fingerprint density at radius 3 is 2.72 bits per heavy atom. The zero-order valence-corrected chi connectivity index (χ0v) is 14.2. The molecule has 128 valence electrons. The number of ether oxygens (including phenoxy) is 2. The molecular formula is C18H15ClN2O4. The number of rotatable bonds is 3. The van der Waals surface area contributed by atoms with E-state index < -0.39 is 6.04 Å². The van der Waals surface area contributed by atoms with E-state index in [-0.39, 0.29) is 25.0 Å². The smallest absolute Gasteiger partial charge is 0.256 e.